The second-order valence-electron chi connectivity index (χ2n) is 3.19. The lowest BCUT2D eigenvalue weighted by molar-refractivity contribution is 0.0986. The third kappa shape index (κ3) is 1.75. The van der Waals surface area contributed by atoms with Crippen molar-refractivity contribution in [1.29, 1.82) is 0 Å². The van der Waals surface area contributed by atoms with Gasteiger partial charge >= 0.3 is 0 Å². The predicted octanol–water partition coefficient (Wildman–Crippen LogP) is 2.81. The molecule has 0 amide bonds. The number of para-hydroxylation sites is 1. The summed E-state index contributed by atoms with van der Waals surface area (Å²) < 4.78 is 5.32. The predicted molar refractivity (Wildman–Crippen MR) is 58.4 cm³/mol. The van der Waals surface area contributed by atoms with E-state index in [1.165, 1.54) is 0 Å². The van der Waals surface area contributed by atoms with Gasteiger partial charge in [0.05, 0.1) is 5.88 Å². The maximum Gasteiger partial charge on any atom is 0.265 e. The summed E-state index contributed by atoms with van der Waals surface area (Å²) in [6, 6.07) is 5.66. The smallest absolute Gasteiger partial charge is 0.265 e. The zero-order chi connectivity index (χ0) is 10.8. The Morgan fingerprint density at radius 2 is 2.33 bits per heavy atom. The molecule has 0 bridgehead atoms. The van der Waals surface area contributed by atoms with Crippen LogP contribution in [0.3, 0.4) is 0 Å². The van der Waals surface area contributed by atoms with E-state index < -0.39 is 0 Å². The molecule has 0 aliphatic rings. The lowest BCUT2D eigenvalue weighted by atomic mass is 10.1. The van der Waals surface area contributed by atoms with Crippen LogP contribution in [-0.4, -0.2) is 16.6 Å². The number of carbonyl (C=O) groups excluding carboxylic acids is 1. The van der Waals surface area contributed by atoms with Gasteiger partial charge in [-0.1, -0.05) is 19.1 Å². The van der Waals surface area contributed by atoms with Crippen molar-refractivity contribution >= 4 is 28.5 Å². The molecule has 0 aliphatic heterocycles. The molecule has 1 heterocycles. The van der Waals surface area contributed by atoms with Crippen LogP contribution in [0, 0.1) is 0 Å². The van der Waals surface area contributed by atoms with Crippen LogP contribution in [0.25, 0.3) is 11.1 Å². The molecule has 0 aliphatic carbocycles. The Morgan fingerprint density at radius 1 is 1.53 bits per heavy atom. The summed E-state index contributed by atoms with van der Waals surface area (Å²) in [6.45, 7) is 2.03. The van der Waals surface area contributed by atoms with Crippen LogP contribution in [0.1, 0.15) is 23.2 Å². The number of alkyl halides is 1. The largest absolute Gasteiger partial charge is 0.434 e. The molecule has 78 valence electrons. The Hall–Kier alpha value is -1.35. The highest BCUT2D eigenvalue weighted by Gasteiger charge is 2.14. The molecule has 0 atom stereocenters. The molecule has 3 nitrogen and oxygen atoms in total. The van der Waals surface area contributed by atoms with Crippen molar-refractivity contribution in [3.05, 3.63) is 29.7 Å². The second kappa shape index (κ2) is 4.03. The minimum Gasteiger partial charge on any atom is -0.434 e. The number of nitrogens with zero attached hydrogens (tertiary/aromatic N) is 1. The molecule has 2 aromatic rings. The zero-order valence-corrected chi connectivity index (χ0v) is 9.04. The van der Waals surface area contributed by atoms with Gasteiger partial charge in [-0.2, -0.15) is 0 Å². The molecule has 0 radical (unpaired) electrons. The van der Waals surface area contributed by atoms with Crippen molar-refractivity contribution in [2.45, 2.75) is 13.3 Å². The maximum atomic E-state index is 11.3. The van der Waals surface area contributed by atoms with E-state index in [0.717, 1.165) is 17.5 Å². The summed E-state index contributed by atoms with van der Waals surface area (Å²) in [4.78, 5) is 15.4. The molecule has 0 saturated heterocycles. The molecule has 0 unspecified atom stereocenters. The van der Waals surface area contributed by atoms with E-state index in [-0.39, 0.29) is 17.6 Å². The van der Waals surface area contributed by atoms with Gasteiger partial charge in [0, 0.05) is 0 Å². The first-order valence-electron chi connectivity index (χ1n) is 4.74. The summed E-state index contributed by atoms with van der Waals surface area (Å²) in [6.07, 6.45) is 0.860. The molecule has 0 N–H and O–H groups in total. The van der Waals surface area contributed by atoms with Crippen molar-refractivity contribution < 1.29 is 9.21 Å². The topological polar surface area (TPSA) is 43.1 Å². The molecule has 0 saturated carbocycles. The highest BCUT2D eigenvalue weighted by Crippen LogP contribution is 2.20. The van der Waals surface area contributed by atoms with E-state index in [1.54, 1.807) is 6.07 Å². The highest BCUT2D eigenvalue weighted by molar-refractivity contribution is 6.29. The highest BCUT2D eigenvalue weighted by atomic mass is 35.5. The summed E-state index contributed by atoms with van der Waals surface area (Å²) >= 11 is 5.44. The van der Waals surface area contributed by atoms with E-state index in [0.29, 0.717) is 5.58 Å². The molecule has 1 aromatic carbocycles. The van der Waals surface area contributed by atoms with Crippen LogP contribution < -0.4 is 0 Å². The van der Waals surface area contributed by atoms with Gasteiger partial charge in [-0.15, -0.1) is 11.6 Å². The number of hydrogen-bond donors (Lipinski definition) is 0. The van der Waals surface area contributed by atoms with Gasteiger partial charge in [0.1, 0.15) is 5.52 Å². The van der Waals surface area contributed by atoms with Crippen LogP contribution >= 0.6 is 11.6 Å². The van der Waals surface area contributed by atoms with E-state index in [2.05, 4.69) is 4.98 Å². The summed E-state index contributed by atoms with van der Waals surface area (Å²) in [5.74, 6) is -0.287. The molecular weight excluding hydrogens is 214 g/mol. The summed E-state index contributed by atoms with van der Waals surface area (Å²) in [5, 5.41) is 0. The number of aryl methyl sites for hydroxylation is 1. The van der Waals surface area contributed by atoms with Crippen molar-refractivity contribution in [2.75, 3.05) is 5.88 Å². The quantitative estimate of drug-likeness (QED) is 0.594. The monoisotopic (exact) mass is 223 g/mol. The molecule has 1 aromatic heterocycles. The number of ketones is 1. The van der Waals surface area contributed by atoms with Gasteiger partial charge < -0.3 is 4.42 Å². The summed E-state index contributed by atoms with van der Waals surface area (Å²) in [7, 11) is 0. The number of benzene rings is 1. The molecule has 15 heavy (non-hydrogen) atoms. The fourth-order valence-corrected chi connectivity index (χ4v) is 1.58. The molecule has 0 fully saturated rings. The van der Waals surface area contributed by atoms with Gasteiger partial charge in [-0.25, -0.2) is 4.98 Å². The number of fused-ring (bicyclic) bond motifs is 1. The van der Waals surface area contributed by atoms with Crippen LogP contribution in [0.4, 0.5) is 0 Å². The second-order valence-corrected chi connectivity index (χ2v) is 3.46. The fraction of sp³-hybridized carbons (Fsp3) is 0.273. The van der Waals surface area contributed by atoms with Gasteiger partial charge in [0.25, 0.3) is 5.89 Å². The third-order valence-corrected chi connectivity index (χ3v) is 2.49. The number of oxazole rings is 1. The Morgan fingerprint density at radius 3 is 3.00 bits per heavy atom. The maximum absolute atomic E-state index is 11.3. The molecule has 2 rings (SSSR count). The van der Waals surface area contributed by atoms with E-state index in [9.17, 15) is 4.79 Å². The molecule has 4 heteroatoms. The average Bonchev–Trinajstić information content (AvgIpc) is 2.71. The van der Waals surface area contributed by atoms with Crippen LogP contribution in [0.15, 0.2) is 22.6 Å². The van der Waals surface area contributed by atoms with Crippen molar-refractivity contribution in [2.24, 2.45) is 0 Å². The minimum atomic E-state index is -0.282. The summed E-state index contributed by atoms with van der Waals surface area (Å²) in [5.41, 5.74) is 2.47. The van der Waals surface area contributed by atoms with E-state index in [1.807, 2.05) is 19.1 Å². The molecule has 0 spiro atoms. The Bertz CT molecular complexity index is 504. The van der Waals surface area contributed by atoms with E-state index >= 15 is 0 Å². The Kier molecular flexibility index (Phi) is 2.73. The van der Waals surface area contributed by atoms with Crippen molar-refractivity contribution in [3.8, 4) is 0 Å². The third-order valence-electron chi connectivity index (χ3n) is 2.24. The first kappa shape index (κ1) is 10.2. The number of Topliss-reactive ketones (excluding diaryl/α,β-unsaturated/α-hetero) is 1. The zero-order valence-electron chi connectivity index (χ0n) is 8.29. The van der Waals surface area contributed by atoms with Gasteiger partial charge in [0.15, 0.2) is 5.58 Å². The first-order chi connectivity index (χ1) is 7.26. The van der Waals surface area contributed by atoms with Crippen LogP contribution in [-0.2, 0) is 6.42 Å². The number of aromatic nitrogens is 1. The molecular formula is C11H10ClNO2. The Labute approximate surface area is 92.1 Å². The minimum absolute atomic E-state index is 0.0981. The van der Waals surface area contributed by atoms with Crippen LogP contribution in [0.5, 0.6) is 0 Å². The first-order valence-corrected chi connectivity index (χ1v) is 5.27. The standard InChI is InChI=1S/C11H10ClNO2/c1-2-7-4-3-5-9-10(7)13-11(15-9)8(14)6-12/h3-5H,2,6H2,1H3. The fourth-order valence-electron chi connectivity index (χ4n) is 1.47. The number of halogens is 1. The SMILES string of the molecule is CCc1cccc2oc(C(=O)CCl)nc12. The van der Waals surface area contributed by atoms with Gasteiger partial charge in [-0.3, -0.25) is 4.79 Å². The number of hydrogen-bond acceptors (Lipinski definition) is 3. The lowest BCUT2D eigenvalue weighted by Crippen LogP contribution is -1.99. The Balaban J connectivity index is 2.60. The number of carbonyl (C=O) groups is 1. The van der Waals surface area contributed by atoms with Crippen molar-refractivity contribution in [1.82, 2.24) is 4.98 Å². The number of rotatable bonds is 3. The van der Waals surface area contributed by atoms with Crippen LogP contribution in [0.2, 0.25) is 0 Å². The van der Waals surface area contributed by atoms with Gasteiger partial charge in [-0.05, 0) is 18.1 Å². The van der Waals surface area contributed by atoms with Gasteiger partial charge in [0.2, 0.25) is 5.78 Å². The lowest BCUT2D eigenvalue weighted by Gasteiger charge is -1.93. The van der Waals surface area contributed by atoms with Crippen molar-refractivity contribution in [3.63, 3.8) is 0 Å². The normalized spacial score (nSPS) is 10.8. The average molecular weight is 224 g/mol. The van der Waals surface area contributed by atoms with E-state index in [4.69, 9.17) is 16.0 Å².